The molecule has 1 heterocycles. The van der Waals surface area contributed by atoms with Crippen molar-refractivity contribution < 1.29 is 14.3 Å². The maximum absolute atomic E-state index is 12.4. The highest BCUT2D eigenvalue weighted by molar-refractivity contribution is 9.10. The van der Waals surface area contributed by atoms with Crippen LogP contribution in [-0.4, -0.2) is 24.6 Å². The number of carbonyl (C=O) groups excluding carboxylic acids is 2. The molecule has 0 saturated carbocycles. The minimum absolute atomic E-state index is 0.234. The Kier molecular flexibility index (Phi) is 5.14. The van der Waals surface area contributed by atoms with Gasteiger partial charge >= 0.3 is 0 Å². The molecule has 0 unspecified atom stereocenters. The average molecular weight is 450 g/mol. The van der Waals surface area contributed by atoms with E-state index in [1.54, 1.807) is 55.6 Å². The van der Waals surface area contributed by atoms with Gasteiger partial charge in [-0.15, -0.1) is 0 Å². The molecule has 144 valence electrons. The van der Waals surface area contributed by atoms with Crippen LogP contribution in [0, 0.1) is 0 Å². The lowest BCUT2D eigenvalue weighted by Crippen LogP contribution is -2.14. The zero-order valence-corrected chi connectivity index (χ0v) is 17.0. The van der Waals surface area contributed by atoms with Crippen LogP contribution in [0.5, 0.6) is 5.75 Å². The van der Waals surface area contributed by atoms with Crippen molar-refractivity contribution in [2.24, 2.45) is 4.99 Å². The van der Waals surface area contributed by atoms with Gasteiger partial charge in [0, 0.05) is 21.3 Å². The SMILES string of the molecule is COc1ccc(NC(=O)c2ccc(N=C3C(=O)Nc4ccc(Br)cc43)cc2)cc1. The largest absolute Gasteiger partial charge is 0.497 e. The summed E-state index contributed by atoms with van der Waals surface area (Å²) in [6, 6.07) is 19.4. The molecular weight excluding hydrogens is 434 g/mol. The number of ether oxygens (including phenoxy) is 1. The van der Waals surface area contributed by atoms with Crippen LogP contribution in [0.3, 0.4) is 0 Å². The van der Waals surface area contributed by atoms with E-state index < -0.39 is 0 Å². The summed E-state index contributed by atoms with van der Waals surface area (Å²) in [5.74, 6) is 0.234. The topological polar surface area (TPSA) is 79.8 Å². The molecule has 0 atom stereocenters. The molecule has 0 aliphatic carbocycles. The molecule has 0 fully saturated rings. The number of nitrogens with zero attached hydrogens (tertiary/aromatic N) is 1. The Morgan fingerprint density at radius 3 is 2.45 bits per heavy atom. The maximum Gasteiger partial charge on any atom is 0.275 e. The Balaban J connectivity index is 1.52. The number of anilines is 2. The zero-order valence-electron chi connectivity index (χ0n) is 15.4. The highest BCUT2D eigenvalue weighted by Crippen LogP contribution is 2.28. The van der Waals surface area contributed by atoms with Gasteiger partial charge in [-0.3, -0.25) is 9.59 Å². The van der Waals surface area contributed by atoms with Crippen LogP contribution >= 0.6 is 15.9 Å². The van der Waals surface area contributed by atoms with Gasteiger partial charge in [0.1, 0.15) is 11.5 Å². The molecule has 3 aromatic rings. The summed E-state index contributed by atoms with van der Waals surface area (Å²) in [7, 11) is 1.59. The van der Waals surface area contributed by atoms with Gasteiger partial charge < -0.3 is 15.4 Å². The van der Waals surface area contributed by atoms with Crippen LogP contribution in [0.1, 0.15) is 15.9 Å². The minimum atomic E-state index is -0.251. The van der Waals surface area contributed by atoms with Gasteiger partial charge in [0.05, 0.1) is 18.5 Å². The number of fused-ring (bicyclic) bond motifs is 1. The van der Waals surface area contributed by atoms with Gasteiger partial charge in [-0.1, -0.05) is 15.9 Å². The van der Waals surface area contributed by atoms with Crippen molar-refractivity contribution in [2.45, 2.75) is 0 Å². The van der Waals surface area contributed by atoms with Crippen molar-refractivity contribution in [3.05, 3.63) is 82.3 Å². The number of rotatable bonds is 4. The molecule has 2 N–H and O–H groups in total. The van der Waals surface area contributed by atoms with Crippen molar-refractivity contribution >= 4 is 50.5 Å². The first-order valence-corrected chi connectivity index (χ1v) is 9.58. The fourth-order valence-corrected chi connectivity index (χ4v) is 3.29. The second-order valence-corrected chi connectivity index (χ2v) is 7.25. The number of aliphatic imine (C=N–C) groups is 1. The monoisotopic (exact) mass is 449 g/mol. The van der Waals surface area contributed by atoms with Crippen molar-refractivity contribution in [3.8, 4) is 5.75 Å². The quantitative estimate of drug-likeness (QED) is 0.601. The molecule has 29 heavy (non-hydrogen) atoms. The van der Waals surface area contributed by atoms with E-state index in [1.807, 2.05) is 18.2 Å². The minimum Gasteiger partial charge on any atom is -0.497 e. The van der Waals surface area contributed by atoms with E-state index in [1.165, 1.54) is 0 Å². The predicted molar refractivity (Wildman–Crippen MR) is 116 cm³/mol. The van der Waals surface area contributed by atoms with Crippen molar-refractivity contribution in [3.63, 3.8) is 0 Å². The van der Waals surface area contributed by atoms with Crippen LogP contribution < -0.4 is 15.4 Å². The highest BCUT2D eigenvalue weighted by Gasteiger charge is 2.26. The second kappa shape index (κ2) is 7.89. The third kappa shape index (κ3) is 4.05. The molecule has 7 heteroatoms. The van der Waals surface area contributed by atoms with Crippen molar-refractivity contribution in [1.82, 2.24) is 0 Å². The number of halogens is 1. The Morgan fingerprint density at radius 2 is 1.76 bits per heavy atom. The summed E-state index contributed by atoms with van der Waals surface area (Å²) in [5.41, 5.74) is 3.56. The zero-order chi connectivity index (χ0) is 20.4. The second-order valence-electron chi connectivity index (χ2n) is 6.33. The average Bonchev–Trinajstić information content (AvgIpc) is 3.03. The van der Waals surface area contributed by atoms with E-state index >= 15 is 0 Å². The first-order chi connectivity index (χ1) is 14.0. The maximum atomic E-state index is 12.4. The van der Waals surface area contributed by atoms with E-state index in [0.29, 0.717) is 22.6 Å². The van der Waals surface area contributed by atoms with Gasteiger partial charge in [-0.2, -0.15) is 0 Å². The Labute approximate surface area is 175 Å². The normalized spacial score (nSPS) is 13.7. The number of methoxy groups -OCH3 is 1. The fraction of sp³-hybridized carbons (Fsp3) is 0.0455. The molecule has 1 aliphatic heterocycles. The summed E-state index contributed by atoms with van der Waals surface area (Å²) in [6.45, 7) is 0. The summed E-state index contributed by atoms with van der Waals surface area (Å²) in [4.78, 5) is 29.1. The summed E-state index contributed by atoms with van der Waals surface area (Å²) in [5, 5.41) is 5.63. The third-order valence-corrected chi connectivity index (χ3v) is 4.91. The molecular formula is C22H16BrN3O3. The number of carbonyl (C=O) groups is 2. The molecule has 6 nitrogen and oxygen atoms in total. The Bertz CT molecular complexity index is 1120. The molecule has 2 amide bonds. The first-order valence-electron chi connectivity index (χ1n) is 8.79. The number of nitrogens with one attached hydrogen (secondary N) is 2. The van der Waals surface area contributed by atoms with Gasteiger partial charge in [0.15, 0.2) is 0 Å². The van der Waals surface area contributed by atoms with Gasteiger partial charge in [-0.25, -0.2) is 4.99 Å². The first kappa shape index (κ1) is 18.9. The lowest BCUT2D eigenvalue weighted by atomic mass is 10.1. The standard InChI is InChI=1S/C22H16BrN3O3/c1-29-17-9-7-16(8-10-17)25-21(27)13-2-5-15(6-3-13)24-20-18-12-14(23)4-11-19(18)26-22(20)28/h2-12H,1H3,(H,25,27)(H,24,26,28). The Hall–Kier alpha value is -3.45. The van der Waals surface area contributed by atoms with Crippen molar-refractivity contribution in [1.29, 1.82) is 0 Å². The molecule has 3 aromatic carbocycles. The van der Waals surface area contributed by atoms with Crippen molar-refractivity contribution in [2.75, 3.05) is 17.7 Å². The third-order valence-electron chi connectivity index (χ3n) is 4.42. The number of hydrogen-bond acceptors (Lipinski definition) is 4. The lowest BCUT2D eigenvalue weighted by Gasteiger charge is -2.06. The molecule has 4 rings (SSSR count). The van der Waals surface area contributed by atoms with Crippen LogP contribution in [0.15, 0.2) is 76.2 Å². The summed E-state index contributed by atoms with van der Waals surface area (Å²) in [6.07, 6.45) is 0. The number of amides is 2. The number of benzene rings is 3. The lowest BCUT2D eigenvalue weighted by molar-refractivity contribution is -0.110. The fourth-order valence-electron chi connectivity index (χ4n) is 2.93. The van der Waals surface area contributed by atoms with Gasteiger partial charge in [0.2, 0.25) is 0 Å². The summed E-state index contributed by atoms with van der Waals surface area (Å²) >= 11 is 3.41. The van der Waals surface area contributed by atoms with E-state index in [4.69, 9.17) is 4.74 Å². The van der Waals surface area contributed by atoms with Crippen LogP contribution in [0.2, 0.25) is 0 Å². The van der Waals surface area contributed by atoms with Crippen LogP contribution in [0.25, 0.3) is 0 Å². The molecule has 0 aromatic heterocycles. The van der Waals surface area contributed by atoms with E-state index in [9.17, 15) is 9.59 Å². The highest BCUT2D eigenvalue weighted by atomic mass is 79.9. The molecule has 0 bridgehead atoms. The smallest absolute Gasteiger partial charge is 0.275 e. The summed E-state index contributed by atoms with van der Waals surface area (Å²) < 4.78 is 5.97. The molecule has 0 radical (unpaired) electrons. The predicted octanol–water partition coefficient (Wildman–Crippen LogP) is 4.78. The molecule has 0 saturated heterocycles. The van der Waals surface area contributed by atoms with Crippen LogP contribution in [0.4, 0.5) is 17.1 Å². The van der Waals surface area contributed by atoms with E-state index in [-0.39, 0.29) is 11.8 Å². The molecule has 1 aliphatic rings. The van der Waals surface area contributed by atoms with E-state index in [0.717, 1.165) is 21.5 Å². The number of hydrogen-bond donors (Lipinski definition) is 2. The Morgan fingerprint density at radius 1 is 1.03 bits per heavy atom. The molecule has 0 spiro atoms. The van der Waals surface area contributed by atoms with Crippen LogP contribution in [-0.2, 0) is 4.79 Å². The van der Waals surface area contributed by atoms with Gasteiger partial charge in [-0.05, 0) is 66.7 Å². The van der Waals surface area contributed by atoms with E-state index in [2.05, 4.69) is 31.6 Å². The van der Waals surface area contributed by atoms with Gasteiger partial charge in [0.25, 0.3) is 11.8 Å².